The second-order valence-electron chi connectivity index (χ2n) is 3.26. The van der Waals surface area contributed by atoms with E-state index >= 15 is 0 Å². The Labute approximate surface area is 105 Å². The first-order chi connectivity index (χ1) is 7.15. The molecule has 2 rings (SSSR count). The van der Waals surface area contributed by atoms with Gasteiger partial charge >= 0.3 is 0 Å². The van der Waals surface area contributed by atoms with E-state index in [0.717, 1.165) is 14.1 Å². The van der Waals surface area contributed by atoms with E-state index in [4.69, 9.17) is 0 Å². The van der Waals surface area contributed by atoms with Crippen molar-refractivity contribution in [3.8, 4) is 0 Å². The lowest BCUT2D eigenvalue weighted by molar-refractivity contribution is 1.35. The van der Waals surface area contributed by atoms with Crippen LogP contribution in [0.5, 0.6) is 0 Å². The van der Waals surface area contributed by atoms with Crippen molar-refractivity contribution in [2.45, 2.75) is 13.8 Å². The average Bonchev–Trinajstić information content (AvgIpc) is 2.56. The fraction of sp³-hybridized carbons (Fsp3) is 0.182. The van der Waals surface area contributed by atoms with Crippen molar-refractivity contribution in [1.82, 2.24) is 0 Å². The van der Waals surface area contributed by atoms with E-state index in [1.165, 1.54) is 10.4 Å². The van der Waals surface area contributed by atoms with Crippen LogP contribution in [-0.4, -0.2) is 0 Å². The van der Waals surface area contributed by atoms with E-state index in [1.807, 2.05) is 12.1 Å². The maximum atomic E-state index is 4.62. The maximum Gasteiger partial charge on any atom is 0.171 e. The Bertz CT molecular complexity index is 540. The molecule has 0 aliphatic carbocycles. The Hall–Kier alpha value is -0.450. The summed E-state index contributed by atoms with van der Waals surface area (Å²) >= 11 is 6.88. The summed E-state index contributed by atoms with van der Waals surface area (Å²) in [5.41, 5.74) is 2.25. The van der Waals surface area contributed by atoms with Crippen LogP contribution in [0.4, 0.5) is 5.69 Å². The third-order valence-corrected chi connectivity index (χ3v) is 4.60. The number of hydrogen-bond acceptors (Lipinski definition) is 3. The molecule has 1 nitrogen and oxygen atoms in total. The second-order valence-corrected chi connectivity index (χ2v) is 6.52. The van der Waals surface area contributed by atoms with Gasteiger partial charge in [-0.2, -0.15) is 0 Å². The molecule has 0 spiro atoms. The lowest BCUT2D eigenvalue weighted by Crippen LogP contribution is -1.85. The molecule has 1 aromatic heterocycles. The molecule has 0 fully saturated rings. The number of hydrogen-bond donors (Lipinski definition) is 0. The Morgan fingerprint density at radius 2 is 2.07 bits per heavy atom. The smallest absolute Gasteiger partial charge is 0.171 e. The fourth-order valence-electron chi connectivity index (χ4n) is 1.21. The van der Waals surface area contributed by atoms with Crippen LogP contribution in [0, 0.1) is 13.8 Å². The number of nitrogens with zero attached hydrogens (tertiary/aromatic N) is 1. The molecule has 0 amide bonds. The van der Waals surface area contributed by atoms with Gasteiger partial charge in [0.2, 0.25) is 0 Å². The van der Waals surface area contributed by atoms with Crippen LogP contribution >= 0.6 is 38.6 Å². The highest BCUT2D eigenvalue weighted by molar-refractivity contribution is 9.10. The van der Waals surface area contributed by atoms with Gasteiger partial charge in [-0.05, 0) is 37.6 Å². The van der Waals surface area contributed by atoms with Crippen molar-refractivity contribution in [3.63, 3.8) is 0 Å². The average molecular weight is 300 g/mol. The molecule has 0 aliphatic rings. The van der Waals surface area contributed by atoms with Crippen molar-refractivity contribution in [2.24, 2.45) is 4.99 Å². The van der Waals surface area contributed by atoms with Gasteiger partial charge in [0.25, 0.3) is 0 Å². The van der Waals surface area contributed by atoms with Crippen LogP contribution < -0.4 is 3.98 Å². The second kappa shape index (κ2) is 4.60. The van der Waals surface area contributed by atoms with Crippen molar-refractivity contribution in [1.29, 1.82) is 0 Å². The minimum Gasteiger partial charge on any atom is -0.227 e. The first-order valence-corrected chi connectivity index (χ1v) is 7.00. The van der Waals surface area contributed by atoms with Gasteiger partial charge in [0.15, 0.2) is 3.98 Å². The highest BCUT2D eigenvalue weighted by atomic mass is 79.9. The van der Waals surface area contributed by atoms with Crippen molar-refractivity contribution in [2.75, 3.05) is 0 Å². The Morgan fingerprint density at radius 1 is 1.27 bits per heavy atom. The maximum absolute atomic E-state index is 4.62. The molecule has 0 bridgehead atoms. The number of aryl methyl sites for hydroxylation is 2. The van der Waals surface area contributed by atoms with Crippen LogP contribution in [0.3, 0.4) is 0 Å². The van der Waals surface area contributed by atoms with Crippen LogP contribution in [-0.2, 0) is 0 Å². The minimum absolute atomic E-state index is 1.05. The Balaban J connectivity index is 2.48. The quantitative estimate of drug-likeness (QED) is 0.739. The molecule has 15 heavy (non-hydrogen) atoms. The van der Waals surface area contributed by atoms with Crippen LogP contribution in [0.15, 0.2) is 33.0 Å². The summed E-state index contributed by atoms with van der Waals surface area (Å²) in [6.07, 6.45) is 0. The van der Waals surface area contributed by atoms with Gasteiger partial charge in [-0.1, -0.05) is 15.9 Å². The van der Waals surface area contributed by atoms with Gasteiger partial charge in [0, 0.05) is 14.7 Å². The molecule has 0 atom stereocenters. The standard InChI is InChI=1S/C11H10BrNS2/c1-7-5-9(12)3-4-10(7)13-11-14-6-8(2)15-11/h3-6H,1-2H3/b13-11+. The highest BCUT2D eigenvalue weighted by Crippen LogP contribution is 2.22. The monoisotopic (exact) mass is 299 g/mol. The molecule has 0 unspecified atom stereocenters. The molecule has 0 N–H and O–H groups in total. The van der Waals surface area contributed by atoms with E-state index in [0.29, 0.717) is 0 Å². The van der Waals surface area contributed by atoms with E-state index < -0.39 is 0 Å². The Morgan fingerprint density at radius 3 is 2.67 bits per heavy atom. The van der Waals surface area contributed by atoms with Gasteiger partial charge in [0.1, 0.15) is 0 Å². The lowest BCUT2D eigenvalue weighted by atomic mass is 10.2. The highest BCUT2D eigenvalue weighted by Gasteiger charge is 1.97. The topological polar surface area (TPSA) is 12.4 Å². The summed E-state index contributed by atoms with van der Waals surface area (Å²) in [6, 6.07) is 6.15. The summed E-state index contributed by atoms with van der Waals surface area (Å²) < 4.78 is 2.21. The number of rotatable bonds is 1. The van der Waals surface area contributed by atoms with Gasteiger partial charge < -0.3 is 0 Å². The zero-order valence-corrected chi connectivity index (χ0v) is 11.7. The van der Waals surface area contributed by atoms with Gasteiger partial charge in [-0.3, -0.25) is 0 Å². The van der Waals surface area contributed by atoms with E-state index in [9.17, 15) is 0 Å². The summed E-state index contributed by atoms with van der Waals surface area (Å²) in [6.45, 7) is 4.18. The van der Waals surface area contributed by atoms with Crippen molar-refractivity contribution >= 4 is 44.3 Å². The van der Waals surface area contributed by atoms with Gasteiger partial charge in [0.05, 0.1) is 5.69 Å². The van der Waals surface area contributed by atoms with Crippen LogP contribution in [0.25, 0.3) is 0 Å². The third kappa shape index (κ3) is 2.77. The molecule has 4 heteroatoms. The van der Waals surface area contributed by atoms with Gasteiger partial charge in [-0.15, -0.1) is 22.7 Å². The molecule has 0 aliphatic heterocycles. The molecule has 78 valence electrons. The number of halogens is 1. The zero-order valence-electron chi connectivity index (χ0n) is 8.45. The Kier molecular flexibility index (Phi) is 3.38. The molecular formula is C11H10BrNS2. The molecule has 0 radical (unpaired) electrons. The summed E-state index contributed by atoms with van der Waals surface area (Å²) in [7, 11) is 0. The largest absolute Gasteiger partial charge is 0.227 e. The van der Waals surface area contributed by atoms with E-state index in [2.05, 4.69) is 46.2 Å². The zero-order chi connectivity index (χ0) is 10.8. The minimum atomic E-state index is 1.05. The predicted octanol–water partition coefficient (Wildman–Crippen LogP) is 4.42. The van der Waals surface area contributed by atoms with Gasteiger partial charge in [-0.25, -0.2) is 4.99 Å². The molecule has 1 aromatic carbocycles. The summed E-state index contributed by atoms with van der Waals surface area (Å²) in [5.74, 6) is 0. The van der Waals surface area contributed by atoms with Crippen molar-refractivity contribution in [3.05, 3.63) is 42.5 Å². The third-order valence-electron chi connectivity index (χ3n) is 1.94. The molecular weight excluding hydrogens is 290 g/mol. The van der Waals surface area contributed by atoms with E-state index in [-0.39, 0.29) is 0 Å². The summed E-state index contributed by atoms with van der Waals surface area (Å²) in [4.78, 5) is 5.93. The van der Waals surface area contributed by atoms with Crippen LogP contribution in [0.1, 0.15) is 10.4 Å². The molecule has 1 heterocycles. The lowest BCUT2D eigenvalue weighted by Gasteiger charge is -1.98. The van der Waals surface area contributed by atoms with Crippen molar-refractivity contribution < 1.29 is 0 Å². The molecule has 0 saturated carbocycles. The summed E-state index contributed by atoms with van der Waals surface area (Å²) in [5, 5.41) is 2.14. The molecule has 2 aromatic rings. The predicted molar refractivity (Wildman–Crippen MR) is 71.0 cm³/mol. The van der Waals surface area contributed by atoms with Crippen LogP contribution in [0.2, 0.25) is 0 Å². The normalized spacial score (nSPS) is 12.1. The first-order valence-electron chi connectivity index (χ1n) is 4.51. The van der Waals surface area contributed by atoms with E-state index in [1.54, 1.807) is 22.7 Å². The molecule has 0 saturated heterocycles. The first kappa shape index (κ1) is 11.0. The number of benzene rings is 1. The fourth-order valence-corrected chi connectivity index (χ4v) is 3.59. The SMILES string of the molecule is Cc1cs/c(=N\c2ccc(Br)cc2C)s1.